The number of methoxy groups -OCH3 is 2. The van der Waals surface area contributed by atoms with Crippen LogP contribution in [0, 0.1) is 5.92 Å². The molecule has 0 amide bonds. The minimum Gasteiger partial charge on any atom is -0.493 e. The number of hydrogen-bond donors (Lipinski definition) is 0. The van der Waals surface area contributed by atoms with Crippen molar-refractivity contribution < 1.29 is 9.47 Å². The molecule has 1 saturated carbocycles. The summed E-state index contributed by atoms with van der Waals surface area (Å²) in [5.74, 6) is 2.06. The van der Waals surface area contributed by atoms with Gasteiger partial charge in [-0.3, -0.25) is 0 Å². The molecule has 1 aromatic carbocycles. The highest BCUT2D eigenvalue weighted by Crippen LogP contribution is 2.48. The molecule has 88 valence electrons. The van der Waals surface area contributed by atoms with Crippen molar-refractivity contribution >= 4 is 27.5 Å². The van der Waals surface area contributed by atoms with Crippen LogP contribution in [0.3, 0.4) is 0 Å². The van der Waals surface area contributed by atoms with Crippen LogP contribution in [0.4, 0.5) is 0 Å². The summed E-state index contributed by atoms with van der Waals surface area (Å²) in [6, 6.07) is 3.87. The van der Waals surface area contributed by atoms with E-state index in [0.29, 0.717) is 5.92 Å². The molecule has 0 aromatic heterocycles. The predicted octanol–water partition coefficient (Wildman–Crippen LogP) is 4.16. The molecule has 0 spiro atoms. The third-order valence-electron chi connectivity index (χ3n) is 2.84. The summed E-state index contributed by atoms with van der Waals surface area (Å²) >= 11 is 9.93. The zero-order chi connectivity index (χ0) is 11.7. The van der Waals surface area contributed by atoms with Gasteiger partial charge in [0.1, 0.15) is 0 Å². The van der Waals surface area contributed by atoms with Gasteiger partial charge in [0.25, 0.3) is 0 Å². The molecule has 0 heterocycles. The van der Waals surface area contributed by atoms with E-state index in [2.05, 4.69) is 15.9 Å². The van der Waals surface area contributed by atoms with Gasteiger partial charge in [0, 0.05) is 4.47 Å². The second kappa shape index (κ2) is 4.84. The first kappa shape index (κ1) is 12.1. The van der Waals surface area contributed by atoms with Crippen LogP contribution in [0.2, 0.25) is 0 Å². The summed E-state index contributed by atoms with van der Waals surface area (Å²) in [5.41, 5.74) is 1.09. The molecule has 0 bridgehead atoms. The lowest BCUT2D eigenvalue weighted by Crippen LogP contribution is -1.98. The lowest BCUT2D eigenvalue weighted by Gasteiger charge is -2.15. The zero-order valence-corrected chi connectivity index (χ0v) is 11.6. The Labute approximate surface area is 109 Å². The van der Waals surface area contributed by atoms with Crippen molar-refractivity contribution in [3.63, 3.8) is 0 Å². The van der Waals surface area contributed by atoms with Crippen LogP contribution in [0.15, 0.2) is 16.6 Å². The Hall–Kier alpha value is -0.410. The number of hydrogen-bond acceptors (Lipinski definition) is 2. The smallest absolute Gasteiger partial charge is 0.161 e. The standard InChI is InChI=1S/C12H14BrClO2/c1-15-10-5-8(12(14)7-3-4-7)9(13)6-11(10)16-2/h5-7,12H,3-4H2,1-2H3. The topological polar surface area (TPSA) is 18.5 Å². The average molecular weight is 306 g/mol. The summed E-state index contributed by atoms with van der Waals surface area (Å²) in [4.78, 5) is 0. The minimum absolute atomic E-state index is 0.0641. The van der Waals surface area contributed by atoms with E-state index in [1.165, 1.54) is 12.8 Å². The molecule has 4 heteroatoms. The van der Waals surface area contributed by atoms with Crippen LogP contribution in [0.5, 0.6) is 11.5 Å². The third kappa shape index (κ3) is 2.30. The summed E-state index contributed by atoms with van der Waals surface area (Å²) in [7, 11) is 3.26. The number of rotatable bonds is 4. The summed E-state index contributed by atoms with van der Waals surface area (Å²) in [6.07, 6.45) is 2.43. The monoisotopic (exact) mass is 304 g/mol. The fraction of sp³-hybridized carbons (Fsp3) is 0.500. The van der Waals surface area contributed by atoms with Gasteiger partial charge in [0.15, 0.2) is 11.5 Å². The fourth-order valence-corrected chi connectivity index (χ4v) is 2.86. The molecule has 1 fully saturated rings. The van der Waals surface area contributed by atoms with E-state index >= 15 is 0 Å². The van der Waals surface area contributed by atoms with Crippen LogP contribution in [0.25, 0.3) is 0 Å². The van der Waals surface area contributed by atoms with Crippen molar-refractivity contribution in [1.82, 2.24) is 0 Å². The Balaban J connectivity index is 2.37. The van der Waals surface area contributed by atoms with E-state index in [1.807, 2.05) is 12.1 Å². The van der Waals surface area contributed by atoms with E-state index < -0.39 is 0 Å². The van der Waals surface area contributed by atoms with Crippen LogP contribution < -0.4 is 9.47 Å². The van der Waals surface area contributed by atoms with Crippen molar-refractivity contribution in [1.29, 1.82) is 0 Å². The highest BCUT2D eigenvalue weighted by molar-refractivity contribution is 9.10. The van der Waals surface area contributed by atoms with Crippen molar-refractivity contribution in [2.24, 2.45) is 5.92 Å². The van der Waals surface area contributed by atoms with Gasteiger partial charge in [-0.15, -0.1) is 11.6 Å². The molecule has 0 N–H and O–H groups in total. The largest absolute Gasteiger partial charge is 0.493 e. The van der Waals surface area contributed by atoms with Crippen LogP contribution >= 0.6 is 27.5 Å². The van der Waals surface area contributed by atoms with Gasteiger partial charge in [0.05, 0.1) is 19.6 Å². The molecule has 0 radical (unpaired) electrons. The van der Waals surface area contributed by atoms with Gasteiger partial charge in [-0.2, -0.15) is 0 Å². The molecule has 0 aliphatic heterocycles. The lowest BCUT2D eigenvalue weighted by molar-refractivity contribution is 0.354. The molecule has 1 aliphatic rings. The van der Waals surface area contributed by atoms with Crippen LogP contribution in [-0.4, -0.2) is 14.2 Å². The maximum atomic E-state index is 6.41. The SMILES string of the molecule is COc1cc(Br)c(C(Cl)C2CC2)cc1OC. The van der Waals surface area contributed by atoms with E-state index in [1.54, 1.807) is 14.2 Å². The van der Waals surface area contributed by atoms with Gasteiger partial charge in [-0.1, -0.05) is 15.9 Å². The molecular formula is C12H14BrClO2. The first-order chi connectivity index (χ1) is 7.67. The van der Waals surface area contributed by atoms with Crippen molar-refractivity contribution in [2.45, 2.75) is 18.2 Å². The number of halogens is 2. The summed E-state index contributed by atoms with van der Waals surface area (Å²) in [5, 5.41) is 0.0641. The van der Waals surface area contributed by atoms with E-state index in [-0.39, 0.29) is 5.38 Å². The predicted molar refractivity (Wildman–Crippen MR) is 68.6 cm³/mol. The lowest BCUT2D eigenvalue weighted by atomic mass is 10.1. The summed E-state index contributed by atoms with van der Waals surface area (Å²) in [6.45, 7) is 0. The second-order valence-corrected chi connectivity index (χ2v) is 5.29. The van der Waals surface area contributed by atoms with Crippen LogP contribution in [0.1, 0.15) is 23.8 Å². The van der Waals surface area contributed by atoms with Gasteiger partial charge >= 0.3 is 0 Å². The minimum atomic E-state index is 0.0641. The molecular weight excluding hydrogens is 291 g/mol. The fourth-order valence-electron chi connectivity index (χ4n) is 1.72. The zero-order valence-electron chi connectivity index (χ0n) is 9.30. The Kier molecular flexibility index (Phi) is 3.65. The average Bonchev–Trinajstić information content (AvgIpc) is 3.11. The third-order valence-corrected chi connectivity index (χ3v) is 4.11. The second-order valence-electron chi connectivity index (χ2n) is 3.97. The Morgan fingerprint density at radius 2 is 1.81 bits per heavy atom. The van der Waals surface area contributed by atoms with E-state index in [9.17, 15) is 0 Å². The number of alkyl halides is 1. The van der Waals surface area contributed by atoms with E-state index in [4.69, 9.17) is 21.1 Å². The first-order valence-electron chi connectivity index (χ1n) is 5.23. The summed E-state index contributed by atoms with van der Waals surface area (Å²) < 4.78 is 11.5. The number of benzene rings is 1. The molecule has 1 aliphatic carbocycles. The van der Waals surface area contributed by atoms with Crippen molar-refractivity contribution in [3.05, 3.63) is 22.2 Å². The first-order valence-corrected chi connectivity index (χ1v) is 6.45. The van der Waals surface area contributed by atoms with E-state index in [0.717, 1.165) is 21.5 Å². The Bertz CT molecular complexity index is 391. The molecule has 2 nitrogen and oxygen atoms in total. The highest BCUT2D eigenvalue weighted by Gasteiger charge is 2.32. The molecule has 1 atom stereocenters. The van der Waals surface area contributed by atoms with Crippen molar-refractivity contribution in [3.8, 4) is 11.5 Å². The molecule has 2 rings (SSSR count). The van der Waals surface area contributed by atoms with Gasteiger partial charge in [-0.05, 0) is 36.5 Å². The Morgan fingerprint density at radius 3 is 2.31 bits per heavy atom. The van der Waals surface area contributed by atoms with Gasteiger partial charge in [-0.25, -0.2) is 0 Å². The maximum absolute atomic E-state index is 6.41. The molecule has 16 heavy (non-hydrogen) atoms. The molecule has 1 unspecified atom stereocenters. The van der Waals surface area contributed by atoms with Gasteiger partial charge < -0.3 is 9.47 Å². The molecule has 0 saturated heterocycles. The number of ether oxygens (including phenoxy) is 2. The Morgan fingerprint density at radius 1 is 1.25 bits per heavy atom. The van der Waals surface area contributed by atoms with Crippen molar-refractivity contribution in [2.75, 3.05) is 14.2 Å². The normalized spacial score (nSPS) is 17.0. The van der Waals surface area contributed by atoms with Crippen LogP contribution in [-0.2, 0) is 0 Å². The van der Waals surface area contributed by atoms with Gasteiger partial charge in [0.2, 0.25) is 0 Å². The molecule has 1 aromatic rings. The maximum Gasteiger partial charge on any atom is 0.161 e. The quantitative estimate of drug-likeness (QED) is 0.778. The highest BCUT2D eigenvalue weighted by atomic mass is 79.9.